The van der Waals surface area contributed by atoms with Crippen LogP contribution in [0.4, 0.5) is 5.95 Å². The Morgan fingerprint density at radius 3 is 2.53 bits per heavy atom. The maximum atomic E-state index is 11.8. The first-order valence-electron chi connectivity index (χ1n) is 4.70. The molecular weight excluding hydrogens is 261 g/mol. The Morgan fingerprint density at radius 2 is 1.88 bits per heavy atom. The van der Waals surface area contributed by atoms with Crippen molar-refractivity contribution in [3.63, 3.8) is 0 Å². The van der Waals surface area contributed by atoms with Gasteiger partial charge in [0.1, 0.15) is 0 Å². The summed E-state index contributed by atoms with van der Waals surface area (Å²) >= 11 is 11.6. The van der Waals surface area contributed by atoms with Crippen molar-refractivity contribution in [2.75, 3.05) is 5.32 Å². The summed E-state index contributed by atoms with van der Waals surface area (Å²) < 4.78 is 0. The Kier molecular flexibility index (Phi) is 3.56. The molecule has 0 saturated heterocycles. The summed E-state index contributed by atoms with van der Waals surface area (Å²) in [6, 6.07) is 6.30. The number of nitrogens with one attached hydrogen (secondary N) is 1. The standard InChI is InChI=1S/C11H7Cl2N3O/c12-7-2-3-8(9(13)6-7)10(17)16-11-14-4-1-5-15-11/h1-6H,(H,14,15,16,17). The summed E-state index contributed by atoms with van der Waals surface area (Å²) in [5.41, 5.74) is 0.323. The van der Waals surface area contributed by atoms with Crippen LogP contribution in [-0.4, -0.2) is 15.9 Å². The van der Waals surface area contributed by atoms with Gasteiger partial charge in [-0.25, -0.2) is 9.97 Å². The number of carbonyl (C=O) groups is 1. The monoisotopic (exact) mass is 267 g/mol. The molecule has 6 heteroatoms. The van der Waals surface area contributed by atoms with Gasteiger partial charge in [-0.1, -0.05) is 23.2 Å². The van der Waals surface area contributed by atoms with Gasteiger partial charge in [-0.15, -0.1) is 0 Å². The number of halogens is 2. The van der Waals surface area contributed by atoms with Crippen molar-refractivity contribution in [3.05, 3.63) is 52.3 Å². The Labute approximate surface area is 108 Å². The van der Waals surface area contributed by atoms with Crippen molar-refractivity contribution < 1.29 is 4.79 Å². The van der Waals surface area contributed by atoms with Crippen molar-refractivity contribution >= 4 is 35.1 Å². The zero-order chi connectivity index (χ0) is 12.3. The molecule has 0 aliphatic heterocycles. The molecule has 17 heavy (non-hydrogen) atoms. The lowest BCUT2D eigenvalue weighted by atomic mass is 10.2. The van der Waals surface area contributed by atoms with Crippen LogP contribution >= 0.6 is 23.2 Å². The first-order chi connectivity index (χ1) is 8.16. The molecule has 0 spiro atoms. The maximum Gasteiger partial charge on any atom is 0.259 e. The van der Waals surface area contributed by atoms with Gasteiger partial charge in [-0.05, 0) is 24.3 Å². The molecule has 0 radical (unpaired) electrons. The van der Waals surface area contributed by atoms with E-state index in [1.165, 1.54) is 18.5 Å². The lowest BCUT2D eigenvalue weighted by molar-refractivity contribution is 0.102. The summed E-state index contributed by atoms with van der Waals surface area (Å²) in [5.74, 6) is -0.151. The second-order valence-electron chi connectivity index (χ2n) is 3.15. The van der Waals surface area contributed by atoms with Crippen LogP contribution in [0.5, 0.6) is 0 Å². The largest absolute Gasteiger partial charge is 0.290 e. The van der Waals surface area contributed by atoms with E-state index in [0.717, 1.165) is 0 Å². The molecule has 1 aromatic carbocycles. The summed E-state index contributed by atoms with van der Waals surface area (Å²) in [6.45, 7) is 0. The van der Waals surface area contributed by atoms with Gasteiger partial charge in [0.05, 0.1) is 10.6 Å². The van der Waals surface area contributed by atoms with Gasteiger partial charge in [0.15, 0.2) is 0 Å². The lowest BCUT2D eigenvalue weighted by Crippen LogP contribution is -2.14. The van der Waals surface area contributed by atoms with E-state index in [-0.39, 0.29) is 16.9 Å². The van der Waals surface area contributed by atoms with Gasteiger partial charge in [0.25, 0.3) is 5.91 Å². The smallest absolute Gasteiger partial charge is 0.259 e. The van der Waals surface area contributed by atoms with Gasteiger partial charge in [0.2, 0.25) is 5.95 Å². The number of carbonyl (C=O) groups excluding carboxylic acids is 1. The third kappa shape index (κ3) is 2.93. The Balaban J connectivity index is 2.21. The third-order valence-electron chi connectivity index (χ3n) is 1.97. The summed E-state index contributed by atoms with van der Waals surface area (Å²) in [4.78, 5) is 19.6. The molecule has 0 unspecified atom stereocenters. The fourth-order valence-electron chi connectivity index (χ4n) is 1.21. The second-order valence-corrected chi connectivity index (χ2v) is 3.99. The molecule has 0 saturated carbocycles. The second kappa shape index (κ2) is 5.12. The first-order valence-corrected chi connectivity index (χ1v) is 5.46. The van der Waals surface area contributed by atoms with Crippen LogP contribution in [0.3, 0.4) is 0 Å². The van der Waals surface area contributed by atoms with E-state index < -0.39 is 0 Å². The van der Waals surface area contributed by atoms with E-state index in [4.69, 9.17) is 23.2 Å². The molecular formula is C11H7Cl2N3O. The molecule has 1 heterocycles. The molecule has 2 rings (SSSR count). The van der Waals surface area contributed by atoms with E-state index >= 15 is 0 Å². The number of rotatable bonds is 2. The topological polar surface area (TPSA) is 54.9 Å². The molecule has 1 amide bonds. The molecule has 0 aliphatic rings. The van der Waals surface area contributed by atoms with Gasteiger partial charge < -0.3 is 0 Å². The quantitative estimate of drug-likeness (QED) is 0.910. The molecule has 0 bridgehead atoms. The van der Waals surface area contributed by atoms with E-state index in [1.54, 1.807) is 18.2 Å². The molecule has 2 aromatic rings. The van der Waals surface area contributed by atoms with Gasteiger partial charge >= 0.3 is 0 Å². The van der Waals surface area contributed by atoms with Gasteiger partial charge in [-0.2, -0.15) is 0 Å². The van der Waals surface area contributed by atoms with Crippen LogP contribution in [0, 0.1) is 0 Å². The summed E-state index contributed by atoms with van der Waals surface area (Å²) in [5, 5.41) is 3.29. The predicted octanol–water partition coefficient (Wildman–Crippen LogP) is 3.04. The Bertz CT molecular complexity index is 546. The van der Waals surface area contributed by atoms with Gasteiger partial charge in [-0.3, -0.25) is 10.1 Å². The molecule has 0 aliphatic carbocycles. The number of anilines is 1. The van der Waals surface area contributed by atoms with Crippen LogP contribution < -0.4 is 5.32 Å². The zero-order valence-electron chi connectivity index (χ0n) is 8.52. The van der Waals surface area contributed by atoms with Crippen LogP contribution in [0.25, 0.3) is 0 Å². The molecule has 4 nitrogen and oxygen atoms in total. The van der Waals surface area contributed by atoms with Crippen LogP contribution in [0.15, 0.2) is 36.7 Å². The van der Waals surface area contributed by atoms with E-state index in [9.17, 15) is 4.79 Å². The minimum atomic E-state index is -0.377. The fraction of sp³-hybridized carbons (Fsp3) is 0. The highest BCUT2D eigenvalue weighted by molar-refractivity contribution is 6.37. The summed E-state index contributed by atoms with van der Waals surface area (Å²) in [6.07, 6.45) is 3.07. The van der Waals surface area contributed by atoms with Crippen molar-refractivity contribution in [3.8, 4) is 0 Å². The molecule has 1 N–H and O–H groups in total. The number of amides is 1. The van der Waals surface area contributed by atoms with E-state index in [2.05, 4.69) is 15.3 Å². The first kappa shape index (κ1) is 11.8. The lowest BCUT2D eigenvalue weighted by Gasteiger charge is -2.05. The highest BCUT2D eigenvalue weighted by Crippen LogP contribution is 2.21. The van der Waals surface area contributed by atoms with Crippen molar-refractivity contribution in [1.82, 2.24) is 9.97 Å². The van der Waals surface area contributed by atoms with Crippen LogP contribution in [0.1, 0.15) is 10.4 Å². The third-order valence-corrected chi connectivity index (χ3v) is 2.51. The number of nitrogens with zero attached hydrogens (tertiary/aromatic N) is 2. The molecule has 0 atom stereocenters. The Hall–Kier alpha value is -1.65. The minimum absolute atomic E-state index is 0.225. The number of hydrogen-bond acceptors (Lipinski definition) is 3. The predicted molar refractivity (Wildman–Crippen MR) is 66.4 cm³/mol. The normalized spacial score (nSPS) is 10.0. The number of hydrogen-bond donors (Lipinski definition) is 1. The molecule has 86 valence electrons. The molecule has 1 aromatic heterocycles. The maximum absolute atomic E-state index is 11.8. The van der Waals surface area contributed by atoms with E-state index in [0.29, 0.717) is 10.6 Å². The highest BCUT2D eigenvalue weighted by Gasteiger charge is 2.11. The van der Waals surface area contributed by atoms with Crippen molar-refractivity contribution in [2.45, 2.75) is 0 Å². The average molecular weight is 268 g/mol. The van der Waals surface area contributed by atoms with E-state index in [1.807, 2.05) is 0 Å². The minimum Gasteiger partial charge on any atom is -0.290 e. The zero-order valence-corrected chi connectivity index (χ0v) is 10.0. The molecule has 0 fully saturated rings. The highest BCUT2D eigenvalue weighted by atomic mass is 35.5. The average Bonchev–Trinajstić information content (AvgIpc) is 2.30. The summed E-state index contributed by atoms with van der Waals surface area (Å²) in [7, 11) is 0. The SMILES string of the molecule is O=C(Nc1ncccn1)c1ccc(Cl)cc1Cl. The fourth-order valence-corrected chi connectivity index (χ4v) is 1.70. The van der Waals surface area contributed by atoms with Crippen LogP contribution in [0.2, 0.25) is 10.0 Å². The Morgan fingerprint density at radius 1 is 1.18 bits per heavy atom. The van der Waals surface area contributed by atoms with Crippen molar-refractivity contribution in [1.29, 1.82) is 0 Å². The van der Waals surface area contributed by atoms with Crippen molar-refractivity contribution in [2.24, 2.45) is 0 Å². The number of aromatic nitrogens is 2. The van der Waals surface area contributed by atoms with Gasteiger partial charge in [0, 0.05) is 17.4 Å². The number of benzene rings is 1. The van der Waals surface area contributed by atoms with Crippen LogP contribution in [-0.2, 0) is 0 Å².